The Kier molecular flexibility index (Phi) is 5.89. The molecule has 138 valence electrons. The number of hydrogen-bond donors (Lipinski definition) is 2. The topological polar surface area (TPSA) is 40.5 Å². The molecule has 0 amide bonds. The normalized spacial score (nSPS) is 17.5. The van der Waals surface area contributed by atoms with Crippen LogP contribution in [0.5, 0.6) is 0 Å². The molecule has 2 N–H and O–H groups in total. The van der Waals surface area contributed by atoms with Crippen LogP contribution in [0.1, 0.15) is 69.6 Å². The van der Waals surface area contributed by atoms with E-state index in [2.05, 4.69) is 58.0 Å². The molecule has 3 rings (SSSR count). The van der Waals surface area contributed by atoms with Gasteiger partial charge in [0.2, 0.25) is 0 Å². The second-order valence-electron chi connectivity index (χ2n) is 8.07. The Balaban J connectivity index is 2.20. The van der Waals surface area contributed by atoms with Gasteiger partial charge in [0.15, 0.2) is 0 Å². The second kappa shape index (κ2) is 7.98. The third-order valence-electron chi connectivity index (χ3n) is 6.23. The summed E-state index contributed by atoms with van der Waals surface area (Å²) in [6, 6.07) is 12.7. The first-order valence-electron chi connectivity index (χ1n) is 10.1. The Labute approximate surface area is 158 Å². The standard InChI is InChI=1S/C23H31BO2/c1-5-15(3)13-20-18-10-8-7-9-17(18)19-11-12-22(24(25)26)21(23(19)20)14-16(4)6-2/h7-12,15-16,20,25-26H,5-6,13-14H2,1-4H3. The van der Waals surface area contributed by atoms with E-state index in [1.165, 1.54) is 22.3 Å². The second-order valence-corrected chi connectivity index (χ2v) is 8.07. The van der Waals surface area contributed by atoms with Crippen LogP contribution >= 0.6 is 0 Å². The first-order valence-corrected chi connectivity index (χ1v) is 10.1. The highest BCUT2D eigenvalue weighted by Gasteiger charge is 2.34. The summed E-state index contributed by atoms with van der Waals surface area (Å²) in [7, 11) is -1.41. The molecule has 0 saturated heterocycles. The molecule has 2 aromatic carbocycles. The van der Waals surface area contributed by atoms with Crippen molar-refractivity contribution in [3.8, 4) is 11.1 Å². The maximum Gasteiger partial charge on any atom is 0.488 e. The zero-order valence-corrected chi connectivity index (χ0v) is 16.5. The van der Waals surface area contributed by atoms with Gasteiger partial charge in [-0.2, -0.15) is 0 Å². The summed E-state index contributed by atoms with van der Waals surface area (Å²) < 4.78 is 0. The molecule has 1 aliphatic carbocycles. The molecule has 0 spiro atoms. The zero-order chi connectivity index (χ0) is 18.8. The molecule has 26 heavy (non-hydrogen) atoms. The molecule has 3 heteroatoms. The van der Waals surface area contributed by atoms with Gasteiger partial charge >= 0.3 is 7.12 Å². The summed E-state index contributed by atoms with van der Waals surface area (Å²) >= 11 is 0. The molecule has 2 aromatic rings. The van der Waals surface area contributed by atoms with Crippen LogP contribution in [0.25, 0.3) is 11.1 Å². The third kappa shape index (κ3) is 3.48. The van der Waals surface area contributed by atoms with Gasteiger partial charge in [-0.1, -0.05) is 76.9 Å². The Morgan fingerprint density at radius 3 is 2.27 bits per heavy atom. The fraction of sp³-hybridized carbons (Fsp3) is 0.478. The smallest absolute Gasteiger partial charge is 0.423 e. The van der Waals surface area contributed by atoms with E-state index in [0.29, 0.717) is 23.2 Å². The number of fused-ring (bicyclic) bond motifs is 3. The predicted octanol–water partition coefficient (Wildman–Crippen LogP) is 4.50. The van der Waals surface area contributed by atoms with Gasteiger partial charge in [-0.05, 0) is 58.0 Å². The molecular weight excluding hydrogens is 319 g/mol. The average molecular weight is 350 g/mol. The molecule has 0 saturated carbocycles. The molecule has 3 unspecified atom stereocenters. The van der Waals surface area contributed by atoms with Gasteiger partial charge in [-0.3, -0.25) is 0 Å². The van der Waals surface area contributed by atoms with Crippen molar-refractivity contribution >= 4 is 12.6 Å². The van der Waals surface area contributed by atoms with E-state index in [0.717, 1.165) is 31.2 Å². The molecule has 2 nitrogen and oxygen atoms in total. The molecule has 0 aromatic heterocycles. The van der Waals surface area contributed by atoms with Crippen LogP contribution in [0.15, 0.2) is 36.4 Å². The van der Waals surface area contributed by atoms with Crippen LogP contribution in [0, 0.1) is 11.8 Å². The predicted molar refractivity (Wildman–Crippen MR) is 111 cm³/mol. The molecule has 1 aliphatic rings. The lowest BCUT2D eigenvalue weighted by Gasteiger charge is -2.24. The van der Waals surface area contributed by atoms with Crippen molar-refractivity contribution in [1.82, 2.24) is 0 Å². The summed E-state index contributed by atoms with van der Waals surface area (Å²) in [5.41, 5.74) is 7.20. The average Bonchev–Trinajstić information content (AvgIpc) is 2.96. The Morgan fingerprint density at radius 1 is 0.923 bits per heavy atom. The summed E-state index contributed by atoms with van der Waals surface area (Å²) in [5, 5.41) is 20.0. The summed E-state index contributed by atoms with van der Waals surface area (Å²) in [6.45, 7) is 9.02. The van der Waals surface area contributed by atoms with Gasteiger partial charge in [0.1, 0.15) is 0 Å². The van der Waals surface area contributed by atoms with Crippen molar-refractivity contribution in [3.63, 3.8) is 0 Å². The van der Waals surface area contributed by atoms with E-state index < -0.39 is 7.12 Å². The first kappa shape index (κ1) is 19.2. The van der Waals surface area contributed by atoms with Crippen molar-refractivity contribution < 1.29 is 10.0 Å². The molecule has 0 radical (unpaired) electrons. The van der Waals surface area contributed by atoms with Crippen molar-refractivity contribution in [2.24, 2.45) is 11.8 Å². The maximum atomic E-state index is 10.0. The van der Waals surface area contributed by atoms with Gasteiger partial charge in [-0.15, -0.1) is 0 Å². The highest BCUT2D eigenvalue weighted by molar-refractivity contribution is 6.59. The molecule has 3 atom stereocenters. The van der Waals surface area contributed by atoms with Gasteiger partial charge < -0.3 is 10.0 Å². The number of hydrogen-bond acceptors (Lipinski definition) is 2. The molecular formula is C23H31BO2. The monoisotopic (exact) mass is 350 g/mol. The summed E-state index contributed by atoms with van der Waals surface area (Å²) in [5.74, 6) is 1.51. The van der Waals surface area contributed by atoms with E-state index in [1.807, 2.05) is 6.07 Å². The van der Waals surface area contributed by atoms with E-state index in [9.17, 15) is 10.0 Å². The van der Waals surface area contributed by atoms with Gasteiger partial charge in [-0.25, -0.2) is 0 Å². The van der Waals surface area contributed by atoms with Crippen LogP contribution < -0.4 is 5.46 Å². The van der Waals surface area contributed by atoms with Crippen molar-refractivity contribution in [1.29, 1.82) is 0 Å². The number of rotatable bonds is 7. The lowest BCUT2D eigenvalue weighted by molar-refractivity contribution is 0.424. The van der Waals surface area contributed by atoms with Crippen LogP contribution in [-0.4, -0.2) is 17.2 Å². The largest absolute Gasteiger partial charge is 0.488 e. The van der Waals surface area contributed by atoms with E-state index >= 15 is 0 Å². The highest BCUT2D eigenvalue weighted by Crippen LogP contribution is 2.49. The van der Waals surface area contributed by atoms with E-state index in [-0.39, 0.29) is 0 Å². The highest BCUT2D eigenvalue weighted by atomic mass is 16.4. The SMILES string of the molecule is CCC(C)Cc1c(B(O)O)ccc2c1C(CC(C)CC)c1ccccc1-2. The van der Waals surface area contributed by atoms with Gasteiger partial charge in [0, 0.05) is 5.92 Å². The molecule has 0 fully saturated rings. The lowest BCUT2D eigenvalue weighted by Crippen LogP contribution is -2.35. The molecule has 0 heterocycles. The van der Waals surface area contributed by atoms with Crippen LogP contribution in [0.3, 0.4) is 0 Å². The quantitative estimate of drug-likeness (QED) is 0.722. The fourth-order valence-electron chi connectivity index (χ4n) is 4.29. The fourth-order valence-corrected chi connectivity index (χ4v) is 4.29. The maximum absolute atomic E-state index is 10.0. The van der Waals surface area contributed by atoms with Crippen LogP contribution in [0.4, 0.5) is 0 Å². The summed E-state index contributed by atoms with van der Waals surface area (Å²) in [4.78, 5) is 0. The van der Waals surface area contributed by atoms with E-state index in [1.54, 1.807) is 0 Å². The Hall–Kier alpha value is -1.58. The van der Waals surface area contributed by atoms with Gasteiger partial charge in [0.05, 0.1) is 0 Å². The minimum absolute atomic E-state index is 0.355. The van der Waals surface area contributed by atoms with E-state index in [4.69, 9.17) is 0 Å². The van der Waals surface area contributed by atoms with Crippen molar-refractivity contribution in [3.05, 3.63) is 53.1 Å². The molecule has 0 aliphatic heterocycles. The minimum atomic E-state index is -1.41. The first-order chi connectivity index (χ1) is 12.5. The number of benzene rings is 2. The Bertz CT molecular complexity index is 769. The lowest BCUT2D eigenvalue weighted by atomic mass is 9.71. The van der Waals surface area contributed by atoms with Crippen molar-refractivity contribution in [2.45, 2.75) is 59.3 Å². The molecule has 0 bridgehead atoms. The summed E-state index contributed by atoms with van der Waals surface area (Å²) in [6.07, 6.45) is 4.27. The van der Waals surface area contributed by atoms with Crippen LogP contribution in [0.2, 0.25) is 0 Å². The van der Waals surface area contributed by atoms with Gasteiger partial charge in [0.25, 0.3) is 0 Å². The zero-order valence-electron chi connectivity index (χ0n) is 16.5. The van der Waals surface area contributed by atoms with Crippen molar-refractivity contribution in [2.75, 3.05) is 0 Å². The van der Waals surface area contributed by atoms with Crippen LogP contribution in [-0.2, 0) is 6.42 Å². The Morgan fingerprint density at radius 2 is 1.62 bits per heavy atom. The third-order valence-corrected chi connectivity index (χ3v) is 6.23. The minimum Gasteiger partial charge on any atom is -0.423 e.